The van der Waals surface area contributed by atoms with Gasteiger partial charge in [-0.05, 0) is 26.2 Å². The minimum atomic E-state index is -0.607. The molecule has 4 nitrogen and oxygen atoms in total. The van der Waals surface area contributed by atoms with Gasteiger partial charge in [0.25, 0.3) is 0 Å². The second-order valence-electron chi connectivity index (χ2n) is 4.88. The van der Waals surface area contributed by atoms with Gasteiger partial charge in [-0.1, -0.05) is 6.92 Å². The molecular formula is C12H23NO3S. The summed E-state index contributed by atoms with van der Waals surface area (Å²) in [6.07, 6.45) is 3.04. The van der Waals surface area contributed by atoms with Gasteiger partial charge in [0.05, 0.1) is 7.11 Å². The molecule has 2 unspecified atom stereocenters. The molecule has 1 saturated carbocycles. The average Bonchev–Trinajstić information content (AvgIpc) is 3.09. The maximum absolute atomic E-state index is 11.8. The number of nitrogens with one attached hydrogen (secondary N) is 1. The van der Waals surface area contributed by atoms with E-state index in [1.807, 2.05) is 6.92 Å². The van der Waals surface area contributed by atoms with Crippen molar-refractivity contribution in [1.29, 1.82) is 0 Å². The first-order chi connectivity index (χ1) is 8.01. The van der Waals surface area contributed by atoms with Crippen molar-refractivity contribution in [3.05, 3.63) is 0 Å². The molecule has 2 atom stereocenters. The van der Waals surface area contributed by atoms with Gasteiger partial charge in [0.15, 0.2) is 0 Å². The Kier molecular flexibility index (Phi) is 5.76. The average molecular weight is 261 g/mol. The van der Waals surface area contributed by atoms with E-state index in [2.05, 4.69) is 12.2 Å². The summed E-state index contributed by atoms with van der Waals surface area (Å²) in [6.45, 7) is 4.16. The van der Waals surface area contributed by atoms with Gasteiger partial charge in [-0.25, -0.2) is 0 Å². The van der Waals surface area contributed by atoms with Crippen LogP contribution in [0.2, 0.25) is 0 Å². The first kappa shape index (κ1) is 14.8. The van der Waals surface area contributed by atoms with Crippen LogP contribution in [-0.2, 0) is 9.53 Å². The van der Waals surface area contributed by atoms with Crippen molar-refractivity contribution in [2.45, 2.75) is 49.9 Å². The molecule has 17 heavy (non-hydrogen) atoms. The summed E-state index contributed by atoms with van der Waals surface area (Å²) in [6, 6.07) is 0.466. The molecule has 0 saturated heterocycles. The third-order valence-corrected chi connectivity index (χ3v) is 4.48. The lowest BCUT2D eigenvalue weighted by Gasteiger charge is -2.28. The molecule has 0 aliphatic heterocycles. The Hall–Kier alpha value is -0.260. The number of thioether (sulfide) groups is 1. The zero-order valence-corrected chi connectivity index (χ0v) is 11.7. The van der Waals surface area contributed by atoms with E-state index in [9.17, 15) is 4.79 Å². The highest BCUT2D eigenvalue weighted by Gasteiger charge is 2.39. The van der Waals surface area contributed by atoms with Crippen molar-refractivity contribution in [3.63, 3.8) is 0 Å². The minimum Gasteiger partial charge on any atom is -0.468 e. The van der Waals surface area contributed by atoms with Crippen molar-refractivity contribution < 1.29 is 14.6 Å². The van der Waals surface area contributed by atoms with E-state index in [1.54, 1.807) is 11.8 Å². The number of aliphatic hydroxyl groups is 1. The fourth-order valence-corrected chi connectivity index (χ4v) is 2.73. The highest BCUT2D eigenvalue weighted by molar-refractivity contribution is 8.00. The number of carbonyl (C=O) groups is 1. The van der Waals surface area contributed by atoms with E-state index in [-0.39, 0.29) is 12.6 Å². The van der Waals surface area contributed by atoms with E-state index < -0.39 is 5.54 Å². The number of hydrogen-bond donors (Lipinski definition) is 2. The van der Waals surface area contributed by atoms with Gasteiger partial charge >= 0.3 is 5.97 Å². The van der Waals surface area contributed by atoms with Gasteiger partial charge in [-0.3, -0.25) is 10.1 Å². The molecule has 100 valence electrons. The molecule has 1 aliphatic carbocycles. The fourth-order valence-electron chi connectivity index (χ4n) is 1.64. The molecule has 0 amide bonds. The third kappa shape index (κ3) is 4.85. The van der Waals surface area contributed by atoms with Crippen LogP contribution < -0.4 is 5.32 Å². The molecule has 1 aliphatic rings. The van der Waals surface area contributed by atoms with Gasteiger partial charge in [-0.2, -0.15) is 11.8 Å². The molecule has 0 aromatic rings. The summed E-state index contributed by atoms with van der Waals surface area (Å²) < 4.78 is 4.87. The lowest BCUT2D eigenvalue weighted by Crippen LogP contribution is -2.53. The Labute approximate surface area is 107 Å². The predicted molar refractivity (Wildman–Crippen MR) is 70.2 cm³/mol. The van der Waals surface area contributed by atoms with Crippen molar-refractivity contribution >= 4 is 17.7 Å². The number of ether oxygens (including phenoxy) is 1. The number of carbonyl (C=O) groups excluding carboxylic acids is 1. The molecule has 0 aromatic carbocycles. The normalized spacial score (nSPS) is 20.7. The second-order valence-corrected chi connectivity index (χ2v) is 6.30. The molecule has 5 heteroatoms. The molecular weight excluding hydrogens is 238 g/mol. The van der Waals surface area contributed by atoms with E-state index in [1.165, 1.54) is 7.11 Å². The Morgan fingerprint density at radius 2 is 2.29 bits per heavy atom. The van der Waals surface area contributed by atoms with Crippen molar-refractivity contribution in [2.75, 3.05) is 19.5 Å². The smallest absolute Gasteiger partial charge is 0.326 e. The number of hydrogen-bond acceptors (Lipinski definition) is 5. The van der Waals surface area contributed by atoms with Gasteiger partial charge in [0.2, 0.25) is 0 Å². The lowest BCUT2D eigenvalue weighted by molar-refractivity contribution is -0.147. The summed E-state index contributed by atoms with van der Waals surface area (Å²) in [7, 11) is 1.43. The first-order valence-corrected chi connectivity index (χ1v) is 7.15. The largest absolute Gasteiger partial charge is 0.468 e. The first-order valence-electron chi connectivity index (χ1n) is 6.10. The molecule has 0 heterocycles. The Bertz CT molecular complexity index is 258. The zero-order chi connectivity index (χ0) is 12.9. The third-order valence-electron chi connectivity index (χ3n) is 2.93. The Morgan fingerprint density at radius 1 is 1.65 bits per heavy atom. The van der Waals surface area contributed by atoms with Crippen LogP contribution in [-0.4, -0.2) is 47.4 Å². The molecule has 0 bridgehead atoms. The van der Waals surface area contributed by atoms with E-state index in [0.717, 1.165) is 19.3 Å². The predicted octanol–water partition coefficient (Wildman–Crippen LogP) is 1.17. The molecule has 0 aromatic heterocycles. The highest BCUT2D eigenvalue weighted by atomic mass is 32.2. The molecule has 0 radical (unpaired) electrons. The molecule has 1 fully saturated rings. The molecule has 2 N–H and O–H groups in total. The van der Waals surface area contributed by atoms with Crippen LogP contribution in [0.4, 0.5) is 0 Å². The van der Waals surface area contributed by atoms with E-state index in [0.29, 0.717) is 17.0 Å². The van der Waals surface area contributed by atoms with Crippen LogP contribution in [0.5, 0.6) is 0 Å². The van der Waals surface area contributed by atoms with Crippen LogP contribution in [0.15, 0.2) is 0 Å². The maximum Gasteiger partial charge on any atom is 0.326 e. The van der Waals surface area contributed by atoms with Crippen molar-refractivity contribution in [3.8, 4) is 0 Å². The summed E-state index contributed by atoms with van der Waals surface area (Å²) in [5.41, 5.74) is -0.607. The summed E-state index contributed by atoms with van der Waals surface area (Å²) in [5, 5.41) is 12.6. The SMILES string of the molecule is COC(=O)C(C)(CSC(C)CCO)NC1CC1. The monoisotopic (exact) mass is 261 g/mol. The summed E-state index contributed by atoms with van der Waals surface area (Å²) >= 11 is 1.70. The highest BCUT2D eigenvalue weighted by Crippen LogP contribution is 2.27. The van der Waals surface area contributed by atoms with Gasteiger partial charge in [0, 0.05) is 23.7 Å². The molecule has 1 rings (SSSR count). The van der Waals surface area contributed by atoms with E-state index >= 15 is 0 Å². The minimum absolute atomic E-state index is 0.194. The quantitative estimate of drug-likeness (QED) is 0.642. The Morgan fingerprint density at radius 3 is 2.76 bits per heavy atom. The van der Waals surface area contributed by atoms with Crippen LogP contribution >= 0.6 is 11.8 Å². The van der Waals surface area contributed by atoms with Crippen LogP contribution in [0, 0.1) is 0 Å². The number of esters is 1. The van der Waals surface area contributed by atoms with Crippen molar-refractivity contribution in [2.24, 2.45) is 0 Å². The van der Waals surface area contributed by atoms with Crippen molar-refractivity contribution in [1.82, 2.24) is 5.32 Å². The second kappa shape index (κ2) is 6.61. The maximum atomic E-state index is 11.8. The standard InChI is InChI=1S/C12H23NO3S/c1-9(6-7-14)17-8-12(2,11(15)16-3)13-10-4-5-10/h9-10,13-14H,4-8H2,1-3H3. The van der Waals surface area contributed by atoms with Crippen LogP contribution in [0.3, 0.4) is 0 Å². The Balaban J connectivity index is 2.47. The van der Waals surface area contributed by atoms with Gasteiger partial charge in [0.1, 0.15) is 5.54 Å². The topological polar surface area (TPSA) is 58.6 Å². The van der Waals surface area contributed by atoms with Crippen LogP contribution in [0.1, 0.15) is 33.1 Å². The van der Waals surface area contributed by atoms with Gasteiger partial charge < -0.3 is 9.84 Å². The van der Waals surface area contributed by atoms with E-state index in [4.69, 9.17) is 9.84 Å². The summed E-state index contributed by atoms with van der Waals surface area (Å²) in [4.78, 5) is 11.8. The fraction of sp³-hybridized carbons (Fsp3) is 0.917. The summed E-state index contributed by atoms with van der Waals surface area (Å²) in [5.74, 6) is 0.477. The molecule has 0 spiro atoms. The number of methoxy groups -OCH3 is 1. The van der Waals surface area contributed by atoms with Gasteiger partial charge in [-0.15, -0.1) is 0 Å². The number of aliphatic hydroxyl groups excluding tert-OH is 1. The lowest BCUT2D eigenvalue weighted by atomic mass is 10.1. The number of rotatable bonds is 8. The van der Waals surface area contributed by atoms with Crippen LogP contribution in [0.25, 0.3) is 0 Å². The zero-order valence-electron chi connectivity index (χ0n) is 10.9.